The molecule has 6 atom stereocenters. The van der Waals surface area contributed by atoms with E-state index >= 15 is 4.11 Å². The lowest BCUT2D eigenvalue weighted by Crippen LogP contribution is -2.55. The number of carbonyl (C=O) groups excluding carboxylic acids is 4. The number of fused-ring (bicyclic) bond motifs is 2. The highest BCUT2D eigenvalue weighted by molar-refractivity contribution is 6.72. The van der Waals surface area contributed by atoms with Crippen LogP contribution in [0.3, 0.4) is 0 Å². The van der Waals surface area contributed by atoms with Crippen LogP contribution < -0.4 is 9.80 Å². The van der Waals surface area contributed by atoms with Gasteiger partial charge in [-0.25, -0.2) is 0 Å². The molecule has 4 aliphatic rings. The van der Waals surface area contributed by atoms with Gasteiger partial charge in [-0.1, -0.05) is 13.0 Å². The quantitative estimate of drug-likeness (QED) is 0.163. The second-order valence-electron chi connectivity index (χ2n) is 12.0. The number of aliphatic hydroxyl groups is 1. The van der Waals surface area contributed by atoms with Crippen LogP contribution in [0, 0.1) is 5.92 Å². The van der Waals surface area contributed by atoms with Crippen LogP contribution in [0.4, 0.5) is 15.5 Å². The number of aliphatic hydroxyl groups excluding tert-OH is 1. The number of rotatable bonds is 8. The van der Waals surface area contributed by atoms with Crippen LogP contribution in [-0.2, 0) is 34.3 Å². The van der Waals surface area contributed by atoms with E-state index in [-0.39, 0.29) is 49.8 Å². The zero-order chi connectivity index (χ0) is 29.9. The molecule has 0 aliphatic carbocycles. The molecule has 3 amide bonds. The Bertz CT molecular complexity index is 1290. The first kappa shape index (κ1) is 29.4. The van der Waals surface area contributed by atoms with Gasteiger partial charge in [0.25, 0.3) is 5.91 Å². The molecular weight excluding hydrogens is 549 g/mol. The summed E-state index contributed by atoms with van der Waals surface area (Å²) in [7, 11) is -3.50. The molecule has 1 aromatic carbocycles. The smallest absolute Gasteiger partial charge is 0.304 e. The molecular formula is C29H38FN3O7Si. The fourth-order valence-electron chi connectivity index (χ4n) is 7.32. The molecule has 3 saturated heterocycles. The van der Waals surface area contributed by atoms with Gasteiger partial charge in [-0.3, -0.25) is 24.1 Å². The Morgan fingerprint density at radius 1 is 1.32 bits per heavy atom. The fourth-order valence-corrected chi connectivity index (χ4v) is 9.82. The molecule has 1 spiro atoms. The number of β-lactam (4-membered cyclic amide) rings is 1. The van der Waals surface area contributed by atoms with Crippen molar-refractivity contribution in [2.24, 2.45) is 5.92 Å². The number of anilines is 2. The molecule has 0 radical (unpaired) electrons. The second kappa shape index (κ2) is 10.6. The highest BCUT2D eigenvalue weighted by Gasteiger charge is 2.67. The molecule has 10 nitrogen and oxygen atoms in total. The van der Waals surface area contributed by atoms with E-state index in [9.17, 15) is 24.3 Å². The molecule has 3 fully saturated rings. The van der Waals surface area contributed by atoms with Crippen molar-refractivity contribution < 1.29 is 37.9 Å². The zero-order valence-electron chi connectivity index (χ0n) is 24.0. The van der Waals surface area contributed by atoms with Crippen LogP contribution in [-0.4, -0.2) is 80.2 Å². The van der Waals surface area contributed by atoms with Crippen molar-refractivity contribution >= 4 is 43.5 Å². The maximum atomic E-state index is 16.1. The number of hydrogen-bond acceptors (Lipinski definition) is 7. The number of likely N-dealkylation sites (tertiary alicyclic amines) is 1. The van der Waals surface area contributed by atoms with Crippen molar-refractivity contribution in [3.05, 3.63) is 36.4 Å². The van der Waals surface area contributed by atoms with Crippen molar-refractivity contribution in [2.45, 2.75) is 82.1 Å². The zero-order valence-corrected chi connectivity index (χ0v) is 25.0. The lowest BCUT2D eigenvalue weighted by Gasteiger charge is -2.39. The van der Waals surface area contributed by atoms with E-state index in [1.165, 1.54) is 11.8 Å². The van der Waals surface area contributed by atoms with E-state index < -0.39 is 43.8 Å². The molecule has 12 heteroatoms. The fraction of sp³-hybridized carbons (Fsp3) is 0.586. The van der Waals surface area contributed by atoms with Crippen LogP contribution in [0.25, 0.3) is 0 Å². The second-order valence-corrected chi connectivity index (χ2v) is 15.8. The number of benzene rings is 1. The Morgan fingerprint density at radius 2 is 2.05 bits per heavy atom. The SMILES string of the molecule is C=CCN1C(=O)[C@]2(O[C@H](CC(=O)N3CCC[C@H]3CO)[C@@H]([Si](C)(C)F)[C@@H]2C)c2cc(N3C(=O)CC3OC(C)=O)ccc21. The van der Waals surface area contributed by atoms with E-state index in [4.69, 9.17) is 9.47 Å². The Labute approximate surface area is 240 Å². The highest BCUT2D eigenvalue weighted by Crippen LogP contribution is 2.60. The van der Waals surface area contributed by atoms with E-state index in [1.807, 2.05) is 0 Å². The monoisotopic (exact) mass is 587 g/mol. The summed E-state index contributed by atoms with van der Waals surface area (Å²) < 4.78 is 28.0. The van der Waals surface area contributed by atoms with Gasteiger partial charge >= 0.3 is 5.97 Å². The molecule has 222 valence electrons. The summed E-state index contributed by atoms with van der Waals surface area (Å²) in [5, 5.41) is 9.75. The standard InChI is InChI=1S/C29H38FN3O7Si/c1-6-11-32-22-10-9-19(33-25(37)15-26(33)39-18(3)35)13-21(22)29(28(32)38)17(2)27(41(4,5)30)23(40-29)14-24(36)31-12-7-8-20(31)16-34/h6,9-10,13,17,20,23,26-27,34H,1,7-8,11-12,14-16H2,2-5H3/t17-,20-,23+,26?,27-,29+/m0/s1. The predicted molar refractivity (Wildman–Crippen MR) is 151 cm³/mol. The first-order valence-corrected chi connectivity index (χ1v) is 17.1. The third kappa shape index (κ3) is 4.69. The van der Waals surface area contributed by atoms with Gasteiger partial charge in [-0.05, 0) is 44.1 Å². The predicted octanol–water partition coefficient (Wildman–Crippen LogP) is 2.99. The Kier molecular flexibility index (Phi) is 7.62. The summed E-state index contributed by atoms with van der Waals surface area (Å²) in [4.78, 5) is 56.4. The molecule has 1 aromatic rings. The van der Waals surface area contributed by atoms with Crippen LogP contribution in [0.5, 0.6) is 0 Å². The average Bonchev–Trinajstić information content (AvgIpc) is 3.54. The molecule has 0 aromatic heterocycles. The summed E-state index contributed by atoms with van der Waals surface area (Å²) in [6.07, 6.45) is 1.42. The Morgan fingerprint density at radius 3 is 2.66 bits per heavy atom. The van der Waals surface area contributed by atoms with Crippen LogP contribution in [0.2, 0.25) is 18.6 Å². The topological polar surface area (TPSA) is 117 Å². The van der Waals surface area contributed by atoms with Crippen molar-refractivity contribution in [1.82, 2.24) is 4.90 Å². The molecule has 0 bridgehead atoms. The lowest BCUT2D eigenvalue weighted by atomic mass is 9.82. The van der Waals surface area contributed by atoms with Gasteiger partial charge in [0.15, 0.2) is 11.8 Å². The van der Waals surface area contributed by atoms with Gasteiger partial charge in [-0.15, -0.1) is 6.58 Å². The van der Waals surface area contributed by atoms with Gasteiger partial charge in [0.05, 0.1) is 37.3 Å². The third-order valence-corrected chi connectivity index (χ3v) is 11.5. The third-order valence-electron chi connectivity index (χ3n) is 9.03. The lowest BCUT2D eigenvalue weighted by molar-refractivity contribution is -0.154. The number of halogens is 1. The molecule has 1 unspecified atom stereocenters. The molecule has 0 saturated carbocycles. The Balaban J connectivity index is 1.56. The van der Waals surface area contributed by atoms with Crippen molar-refractivity contribution in [3.8, 4) is 0 Å². The van der Waals surface area contributed by atoms with Gasteiger partial charge in [0, 0.05) is 42.7 Å². The minimum atomic E-state index is -3.50. The summed E-state index contributed by atoms with van der Waals surface area (Å²) in [6, 6.07) is 4.82. The van der Waals surface area contributed by atoms with Crippen LogP contribution in [0.15, 0.2) is 30.9 Å². The molecule has 4 heterocycles. The summed E-state index contributed by atoms with van der Waals surface area (Å²) >= 11 is 0. The summed E-state index contributed by atoms with van der Waals surface area (Å²) in [6.45, 7) is 10.6. The van der Waals surface area contributed by atoms with Crippen molar-refractivity contribution in [1.29, 1.82) is 0 Å². The van der Waals surface area contributed by atoms with E-state index in [2.05, 4.69) is 6.58 Å². The first-order valence-electron chi connectivity index (χ1n) is 14.2. The number of nitrogens with zero attached hydrogens (tertiary/aromatic N) is 3. The molecule has 41 heavy (non-hydrogen) atoms. The number of amides is 3. The van der Waals surface area contributed by atoms with Gasteiger partial charge in [0.1, 0.15) is 0 Å². The average molecular weight is 588 g/mol. The summed E-state index contributed by atoms with van der Waals surface area (Å²) in [5.74, 6) is -1.96. The van der Waals surface area contributed by atoms with Crippen LogP contribution in [0.1, 0.15) is 45.1 Å². The molecule has 5 rings (SSSR count). The normalized spacial score (nSPS) is 31.1. The number of hydrogen-bond donors (Lipinski definition) is 1. The van der Waals surface area contributed by atoms with Crippen molar-refractivity contribution in [2.75, 3.05) is 29.5 Å². The maximum absolute atomic E-state index is 16.1. The maximum Gasteiger partial charge on any atom is 0.304 e. The summed E-state index contributed by atoms with van der Waals surface area (Å²) in [5.41, 5.74) is -0.766. The Hall–Kier alpha value is -3.09. The first-order chi connectivity index (χ1) is 19.3. The van der Waals surface area contributed by atoms with Gasteiger partial charge in [-0.2, -0.15) is 0 Å². The minimum Gasteiger partial charge on any atom is -0.441 e. The van der Waals surface area contributed by atoms with E-state index in [0.29, 0.717) is 29.9 Å². The number of ether oxygens (including phenoxy) is 2. The van der Waals surface area contributed by atoms with Gasteiger partial charge < -0.3 is 28.5 Å². The van der Waals surface area contributed by atoms with E-state index in [0.717, 1.165) is 6.42 Å². The van der Waals surface area contributed by atoms with E-state index in [1.54, 1.807) is 54.1 Å². The largest absolute Gasteiger partial charge is 0.441 e. The molecule has 4 aliphatic heterocycles. The van der Waals surface area contributed by atoms with Gasteiger partial charge in [0.2, 0.25) is 20.2 Å². The number of esters is 1. The van der Waals surface area contributed by atoms with Crippen molar-refractivity contribution in [3.63, 3.8) is 0 Å². The minimum absolute atomic E-state index is 0.0511. The number of carbonyl (C=O) groups is 4. The van der Waals surface area contributed by atoms with Crippen LogP contribution >= 0.6 is 0 Å². The highest BCUT2D eigenvalue weighted by atomic mass is 28.4. The molecule has 1 N–H and O–H groups in total.